The zero-order chi connectivity index (χ0) is 32.8. The number of carboxylic acid groups (broad SMARTS) is 1. The number of carbonyl (C=O) groups is 2. The van der Waals surface area contributed by atoms with Gasteiger partial charge in [0.1, 0.15) is 11.9 Å². The molecule has 1 fully saturated rings. The molecule has 1 heterocycles. The molecule has 0 saturated carbocycles. The van der Waals surface area contributed by atoms with Crippen molar-refractivity contribution in [3.63, 3.8) is 0 Å². The molecule has 1 N–H and O–H groups in total. The second-order valence-corrected chi connectivity index (χ2v) is 13.0. The highest BCUT2D eigenvalue weighted by molar-refractivity contribution is 5.89. The van der Waals surface area contributed by atoms with E-state index in [0.29, 0.717) is 16.9 Å². The number of carboxylic acids is 1. The van der Waals surface area contributed by atoms with Gasteiger partial charge < -0.3 is 14.6 Å². The average Bonchev–Trinajstić information content (AvgIpc) is 3.24. The fourth-order valence-electron chi connectivity index (χ4n) is 6.59. The molecule has 5 rings (SSSR count). The van der Waals surface area contributed by atoms with Crippen molar-refractivity contribution in [3.05, 3.63) is 93.6 Å². The molecule has 9 heteroatoms. The maximum absolute atomic E-state index is 13.6. The number of carbonyl (C=O) groups excluding carboxylic acids is 1. The lowest BCUT2D eigenvalue weighted by atomic mass is 9.72. The number of methoxy groups -OCH3 is 1. The number of cyclic esters (lactones) is 1. The second-order valence-electron chi connectivity index (χ2n) is 13.0. The minimum atomic E-state index is -4.51. The molecule has 45 heavy (non-hydrogen) atoms. The summed E-state index contributed by atoms with van der Waals surface area (Å²) < 4.78 is 52.1. The maximum Gasteiger partial charge on any atom is 0.416 e. The minimum absolute atomic E-state index is 0.0196. The number of hydrogen-bond donors (Lipinski definition) is 1. The number of hydrogen-bond acceptors (Lipinski definition) is 4. The van der Waals surface area contributed by atoms with Crippen LogP contribution in [0.3, 0.4) is 0 Å². The van der Waals surface area contributed by atoms with Gasteiger partial charge in [-0.25, -0.2) is 9.59 Å². The van der Waals surface area contributed by atoms with Gasteiger partial charge in [0.2, 0.25) is 0 Å². The summed E-state index contributed by atoms with van der Waals surface area (Å²) in [6, 6.07) is 14.3. The van der Waals surface area contributed by atoms with Gasteiger partial charge in [-0.05, 0) is 127 Å². The number of aromatic carboxylic acids is 1. The number of rotatable bonds is 7. The Labute approximate surface area is 261 Å². The van der Waals surface area contributed by atoms with Crippen molar-refractivity contribution in [1.82, 2.24) is 4.90 Å². The van der Waals surface area contributed by atoms with Crippen LogP contribution in [0.5, 0.6) is 5.75 Å². The highest BCUT2D eigenvalue weighted by Gasteiger charge is 2.42. The first-order valence-electron chi connectivity index (χ1n) is 15.0. The third-order valence-electron chi connectivity index (χ3n) is 8.95. The van der Waals surface area contributed by atoms with E-state index in [4.69, 9.17) is 9.47 Å². The fourth-order valence-corrected chi connectivity index (χ4v) is 6.59. The lowest BCUT2D eigenvalue weighted by Crippen LogP contribution is -2.35. The van der Waals surface area contributed by atoms with Gasteiger partial charge in [-0.2, -0.15) is 13.2 Å². The van der Waals surface area contributed by atoms with Crippen molar-refractivity contribution in [2.45, 2.75) is 72.2 Å². The zero-order valence-electron chi connectivity index (χ0n) is 26.3. The molecule has 6 nitrogen and oxygen atoms in total. The fraction of sp³-hybridized carbons (Fsp3) is 0.389. The van der Waals surface area contributed by atoms with Gasteiger partial charge in [0.25, 0.3) is 0 Å². The molecule has 2 atom stereocenters. The third-order valence-corrected chi connectivity index (χ3v) is 8.95. The monoisotopic (exact) mass is 621 g/mol. The minimum Gasteiger partial charge on any atom is -0.497 e. The number of halogens is 3. The quantitative estimate of drug-likeness (QED) is 0.285. The van der Waals surface area contributed by atoms with Crippen molar-refractivity contribution >= 4 is 17.6 Å². The average molecular weight is 622 g/mol. The van der Waals surface area contributed by atoms with E-state index in [1.807, 2.05) is 26.0 Å². The molecule has 0 radical (unpaired) electrons. The number of nitrogens with zero attached hydrogens (tertiary/aromatic N) is 1. The Hall–Kier alpha value is -4.27. The molecule has 3 aromatic carbocycles. The Balaban J connectivity index is 1.53. The van der Waals surface area contributed by atoms with Gasteiger partial charge in [-0.15, -0.1) is 0 Å². The Bertz CT molecular complexity index is 1690. The van der Waals surface area contributed by atoms with Crippen molar-refractivity contribution in [2.75, 3.05) is 13.7 Å². The van der Waals surface area contributed by atoms with Crippen LogP contribution in [0.1, 0.15) is 84.3 Å². The van der Waals surface area contributed by atoms with E-state index >= 15 is 0 Å². The molecular weight excluding hydrogens is 583 g/mol. The number of allylic oxidation sites excluding steroid dienone is 1. The molecule has 2 aliphatic rings. The Morgan fingerprint density at radius 2 is 1.78 bits per heavy atom. The Kier molecular flexibility index (Phi) is 8.51. The number of alkyl halides is 3. The predicted molar refractivity (Wildman–Crippen MR) is 166 cm³/mol. The van der Waals surface area contributed by atoms with Crippen LogP contribution in [0.15, 0.2) is 60.2 Å². The molecule has 0 bridgehead atoms. The van der Waals surface area contributed by atoms with Crippen LogP contribution in [0, 0.1) is 19.3 Å². The van der Waals surface area contributed by atoms with Gasteiger partial charge in [0.15, 0.2) is 0 Å². The van der Waals surface area contributed by atoms with Crippen LogP contribution in [0.4, 0.5) is 18.0 Å². The molecule has 0 unspecified atom stereocenters. The van der Waals surface area contributed by atoms with Gasteiger partial charge in [0, 0.05) is 6.54 Å². The number of aryl methyl sites for hydroxylation is 2. The van der Waals surface area contributed by atoms with Gasteiger partial charge in [-0.3, -0.25) is 4.90 Å². The smallest absolute Gasteiger partial charge is 0.416 e. The lowest BCUT2D eigenvalue weighted by molar-refractivity contribution is -0.137. The molecule has 238 valence electrons. The van der Waals surface area contributed by atoms with Crippen molar-refractivity contribution in [3.8, 4) is 16.9 Å². The molecule has 1 aliphatic carbocycles. The first-order chi connectivity index (χ1) is 21.1. The molecule has 0 spiro atoms. The van der Waals surface area contributed by atoms with Gasteiger partial charge >= 0.3 is 18.2 Å². The van der Waals surface area contributed by atoms with Crippen LogP contribution in [0.2, 0.25) is 0 Å². The van der Waals surface area contributed by atoms with Crippen LogP contribution in [-0.4, -0.2) is 41.8 Å². The first-order valence-corrected chi connectivity index (χ1v) is 15.0. The van der Waals surface area contributed by atoms with E-state index in [0.717, 1.165) is 64.8 Å². The van der Waals surface area contributed by atoms with E-state index in [1.165, 1.54) is 0 Å². The van der Waals surface area contributed by atoms with E-state index in [9.17, 15) is 27.9 Å². The molecule has 3 aromatic rings. The van der Waals surface area contributed by atoms with Crippen LogP contribution >= 0.6 is 0 Å². The number of benzene rings is 3. The molecule has 1 amide bonds. The molecular formula is C36H38F3NO5. The summed E-state index contributed by atoms with van der Waals surface area (Å²) in [6.45, 7) is 9.95. The predicted octanol–water partition coefficient (Wildman–Crippen LogP) is 9.24. The second kappa shape index (κ2) is 11.9. The van der Waals surface area contributed by atoms with Gasteiger partial charge in [0.05, 0.1) is 24.3 Å². The lowest BCUT2D eigenvalue weighted by Gasteiger charge is -2.35. The van der Waals surface area contributed by atoms with Crippen LogP contribution < -0.4 is 4.74 Å². The molecule has 1 aliphatic heterocycles. The third kappa shape index (κ3) is 6.72. The normalized spacial score (nSPS) is 19.9. The van der Waals surface area contributed by atoms with E-state index in [1.54, 1.807) is 43.2 Å². The summed E-state index contributed by atoms with van der Waals surface area (Å²) in [5.41, 5.74) is 5.88. The van der Waals surface area contributed by atoms with Crippen molar-refractivity contribution in [2.24, 2.45) is 5.41 Å². The van der Waals surface area contributed by atoms with Crippen LogP contribution in [-0.2, 0) is 10.9 Å². The first kappa shape index (κ1) is 32.1. The van der Waals surface area contributed by atoms with Crippen LogP contribution in [0.25, 0.3) is 16.7 Å². The van der Waals surface area contributed by atoms with Crippen molar-refractivity contribution < 1.29 is 37.3 Å². The summed E-state index contributed by atoms with van der Waals surface area (Å²) in [6.07, 6.45) is -3.48. The standard InChI is InChI=1S/C36H38F3NO5/c1-20-11-26(15-28(12-20)36(37,38)39)32-22(3)40(34(43)45-32)19-27-18-35(4,5)10-9-31(27)25-14-24(16-29(17-25)44-6)30-8-7-23(33(41)42)13-21(30)2/h7-8,11-17,22,32H,9-10,18-19H2,1-6H3,(H,41,42)/t22-,32-/m0/s1. The van der Waals surface area contributed by atoms with E-state index in [2.05, 4.69) is 19.9 Å². The zero-order valence-corrected chi connectivity index (χ0v) is 26.3. The van der Waals surface area contributed by atoms with Crippen molar-refractivity contribution in [1.29, 1.82) is 0 Å². The Morgan fingerprint density at radius 1 is 1.07 bits per heavy atom. The topological polar surface area (TPSA) is 76.1 Å². The summed E-state index contributed by atoms with van der Waals surface area (Å²) in [5, 5.41) is 9.42. The highest BCUT2D eigenvalue weighted by Crippen LogP contribution is 2.45. The molecule has 1 saturated heterocycles. The van der Waals surface area contributed by atoms with Gasteiger partial charge in [-0.1, -0.05) is 31.5 Å². The van der Waals surface area contributed by atoms with E-state index < -0.39 is 35.9 Å². The summed E-state index contributed by atoms with van der Waals surface area (Å²) in [5.74, 6) is -0.342. The van der Waals surface area contributed by atoms with E-state index in [-0.39, 0.29) is 17.5 Å². The number of amides is 1. The number of ether oxygens (including phenoxy) is 2. The largest absolute Gasteiger partial charge is 0.497 e. The highest BCUT2D eigenvalue weighted by atomic mass is 19.4. The summed E-state index contributed by atoms with van der Waals surface area (Å²) >= 11 is 0. The SMILES string of the molecule is COc1cc(C2=C(CN3C(=O)O[C@H](c4cc(C)cc(C(F)(F)F)c4)[C@@H]3C)CC(C)(C)CC2)cc(-c2ccc(C(=O)O)cc2C)c1. The summed E-state index contributed by atoms with van der Waals surface area (Å²) in [4.78, 5) is 26.4. The molecule has 0 aromatic heterocycles. The summed E-state index contributed by atoms with van der Waals surface area (Å²) in [7, 11) is 1.60. The maximum atomic E-state index is 13.6. The Morgan fingerprint density at radius 3 is 2.42 bits per heavy atom.